The summed E-state index contributed by atoms with van der Waals surface area (Å²) >= 11 is 5.27. The van der Waals surface area contributed by atoms with Crippen molar-refractivity contribution in [2.45, 2.75) is 6.92 Å². The predicted octanol–water partition coefficient (Wildman–Crippen LogP) is 5.10. The lowest BCUT2D eigenvalue weighted by atomic mass is 10.2. The molecule has 0 bridgehead atoms. The summed E-state index contributed by atoms with van der Waals surface area (Å²) in [6.45, 7) is 1.93. The van der Waals surface area contributed by atoms with Crippen LogP contribution in [0.3, 0.4) is 0 Å². The van der Waals surface area contributed by atoms with Gasteiger partial charge in [0.05, 0.1) is 19.8 Å². The van der Waals surface area contributed by atoms with Crippen LogP contribution in [0.1, 0.15) is 16.1 Å². The van der Waals surface area contributed by atoms with Crippen molar-refractivity contribution in [2.75, 3.05) is 4.90 Å². The molecule has 0 unspecified atom stereocenters. The first-order valence-corrected chi connectivity index (χ1v) is 9.04. The van der Waals surface area contributed by atoms with E-state index in [-0.39, 0.29) is 5.91 Å². The fourth-order valence-electron chi connectivity index (χ4n) is 1.89. The summed E-state index contributed by atoms with van der Waals surface area (Å²) in [6.07, 6.45) is 0. The molecule has 0 radical (unpaired) electrons. The molecule has 21 heavy (non-hydrogen) atoms. The average Bonchev–Trinajstić information content (AvgIpc) is 3.09. The summed E-state index contributed by atoms with van der Waals surface area (Å²) in [5, 5.41) is 4.54. The number of aryl methyl sites for hydroxylation is 1. The van der Waals surface area contributed by atoms with E-state index in [1.807, 2.05) is 54.1 Å². The molecule has 0 spiro atoms. The Morgan fingerprint density at radius 3 is 2.52 bits per heavy atom. The van der Waals surface area contributed by atoms with Crippen LogP contribution in [0.25, 0.3) is 0 Å². The van der Waals surface area contributed by atoms with Gasteiger partial charge >= 0.3 is 0 Å². The van der Waals surface area contributed by atoms with E-state index in [1.54, 1.807) is 16.2 Å². The molecule has 2 heterocycles. The van der Waals surface area contributed by atoms with Crippen LogP contribution in [0.15, 0.2) is 47.2 Å². The summed E-state index contributed by atoms with van der Waals surface area (Å²) < 4.78 is 1.10. The van der Waals surface area contributed by atoms with Gasteiger partial charge in [0, 0.05) is 10.8 Å². The number of anilines is 2. The van der Waals surface area contributed by atoms with Crippen molar-refractivity contribution in [3.63, 3.8) is 0 Å². The standard InChI is InChI=1S/C15H11IN2OS2/c1-10-8-21-15(17-10)18(12-5-3-2-4-6-12)14(19)11-7-13(16)20-9-11/h2-9H,1H3. The van der Waals surface area contributed by atoms with Gasteiger partial charge in [-0.25, -0.2) is 4.98 Å². The largest absolute Gasteiger partial charge is 0.268 e. The number of hydrogen-bond donors (Lipinski definition) is 0. The van der Waals surface area contributed by atoms with E-state index < -0.39 is 0 Å². The lowest BCUT2D eigenvalue weighted by Gasteiger charge is -2.19. The van der Waals surface area contributed by atoms with E-state index in [4.69, 9.17) is 0 Å². The van der Waals surface area contributed by atoms with Gasteiger partial charge in [0.2, 0.25) is 0 Å². The van der Waals surface area contributed by atoms with E-state index in [0.29, 0.717) is 10.7 Å². The Hall–Kier alpha value is -1.25. The number of nitrogens with zero attached hydrogens (tertiary/aromatic N) is 2. The molecule has 106 valence electrons. The Kier molecular flexibility index (Phi) is 4.37. The lowest BCUT2D eigenvalue weighted by molar-refractivity contribution is 0.0999. The van der Waals surface area contributed by atoms with Crippen LogP contribution in [0.4, 0.5) is 10.8 Å². The molecule has 0 aliphatic heterocycles. The highest BCUT2D eigenvalue weighted by Gasteiger charge is 2.23. The number of hydrogen-bond acceptors (Lipinski definition) is 4. The van der Waals surface area contributed by atoms with Gasteiger partial charge in [-0.1, -0.05) is 18.2 Å². The molecule has 1 aromatic carbocycles. The monoisotopic (exact) mass is 426 g/mol. The second kappa shape index (κ2) is 6.25. The van der Waals surface area contributed by atoms with E-state index in [2.05, 4.69) is 27.6 Å². The van der Waals surface area contributed by atoms with Crippen LogP contribution >= 0.6 is 45.3 Å². The first kappa shape index (κ1) is 14.7. The smallest absolute Gasteiger partial charge is 0.265 e. The van der Waals surface area contributed by atoms with Crippen LogP contribution in [-0.4, -0.2) is 10.9 Å². The van der Waals surface area contributed by atoms with Crippen molar-refractivity contribution in [1.82, 2.24) is 4.98 Å². The van der Waals surface area contributed by atoms with Crippen molar-refractivity contribution in [2.24, 2.45) is 0 Å². The maximum atomic E-state index is 12.9. The van der Waals surface area contributed by atoms with Gasteiger partial charge in [-0.2, -0.15) is 0 Å². The van der Waals surface area contributed by atoms with E-state index in [0.717, 1.165) is 14.3 Å². The SMILES string of the molecule is Cc1csc(N(C(=O)c2csc(I)c2)c2ccccc2)n1. The summed E-state index contributed by atoms with van der Waals surface area (Å²) in [7, 11) is 0. The molecule has 0 saturated carbocycles. The molecule has 0 aliphatic carbocycles. The second-order valence-corrected chi connectivity index (χ2v) is 8.03. The van der Waals surface area contributed by atoms with Gasteiger partial charge in [-0.3, -0.25) is 9.69 Å². The molecule has 0 saturated heterocycles. The van der Waals surface area contributed by atoms with Gasteiger partial charge in [0.15, 0.2) is 5.13 Å². The van der Waals surface area contributed by atoms with Crippen LogP contribution in [0.5, 0.6) is 0 Å². The van der Waals surface area contributed by atoms with Crippen LogP contribution in [-0.2, 0) is 0 Å². The maximum absolute atomic E-state index is 12.9. The Morgan fingerprint density at radius 1 is 1.19 bits per heavy atom. The molecule has 2 aromatic heterocycles. The van der Waals surface area contributed by atoms with E-state index in [1.165, 1.54) is 11.3 Å². The molecule has 3 aromatic rings. The van der Waals surface area contributed by atoms with Gasteiger partial charge in [-0.15, -0.1) is 22.7 Å². The highest BCUT2D eigenvalue weighted by Crippen LogP contribution is 2.31. The molecule has 1 amide bonds. The number of carbonyl (C=O) groups excluding carboxylic acids is 1. The number of benzene rings is 1. The molecular weight excluding hydrogens is 415 g/mol. The first-order chi connectivity index (χ1) is 10.1. The Labute approximate surface area is 144 Å². The first-order valence-electron chi connectivity index (χ1n) is 6.21. The summed E-state index contributed by atoms with van der Waals surface area (Å²) in [5.74, 6) is -0.0466. The minimum absolute atomic E-state index is 0.0466. The number of halogens is 1. The molecular formula is C15H11IN2OS2. The number of rotatable bonds is 3. The van der Waals surface area contributed by atoms with Crippen molar-refractivity contribution < 1.29 is 4.79 Å². The third-order valence-corrected chi connectivity index (χ3v) is 5.56. The number of thiazole rings is 1. The average molecular weight is 426 g/mol. The van der Waals surface area contributed by atoms with Gasteiger partial charge in [0.25, 0.3) is 5.91 Å². The van der Waals surface area contributed by atoms with Crippen LogP contribution in [0, 0.1) is 9.81 Å². The third kappa shape index (κ3) is 3.17. The topological polar surface area (TPSA) is 33.2 Å². The molecule has 0 atom stereocenters. The van der Waals surface area contributed by atoms with E-state index >= 15 is 0 Å². The van der Waals surface area contributed by atoms with Crippen molar-refractivity contribution in [1.29, 1.82) is 0 Å². The highest BCUT2D eigenvalue weighted by molar-refractivity contribution is 14.1. The maximum Gasteiger partial charge on any atom is 0.265 e. The molecule has 0 fully saturated rings. The summed E-state index contributed by atoms with van der Waals surface area (Å²) in [4.78, 5) is 19.0. The lowest BCUT2D eigenvalue weighted by Crippen LogP contribution is -2.25. The molecule has 3 nitrogen and oxygen atoms in total. The number of carbonyl (C=O) groups is 1. The Bertz CT molecular complexity index is 767. The number of thiophene rings is 1. The van der Waals surface area contributed by atoms with Crippen LogP contribution < -0.4 is 4.90 Å². The molecule has 0 N–H and O–H groups in total. The molecule has 6 heteroatoms. The van der Waals surface area contributed by atoms with Gasteiger partial charge in [0.1, 0.15) is 0 Å². The fourth-order valence-corrected chi connectivity index (χ4v) is 4.03. The van der Waals surface area contributed by atoms with Crippen LogP contribution in [0.2, 0.25) is 0 Å². The quantitative estimate of drug-likeness (QED) is 0.547. The predicted molar refractivity (Wildman–Crippen MR) is 96.8 cm³/mol. The normalized spacial score (nSPS) is 10.6. The third-order valence-electron chi connectivity index (χ3n) is 2.83. The molecule has 3 rings (SSSR count). The number of para-hydroxylation sites is 1. The van der Waals surface area contributed by atoms with E-state index in [9.17, 15) is 4.79 Å². The van der Waals surface area contributed by atoms with Crippen molar-refractivity contribution in [3.05, 3.63) is 61.3 Å². The minimum Gasteiger partial charge on any atom is -0.268 e. The summed E-state index contributed by atoms with van der Waals surface area (Å²) in [6, 6.07) is 11.5. The van der Waals surface area contributed by atoms with Gasteiger partial charge in [-0.05, 0) is 47.7 Å². The number of amides is 1. The Morgan fingerprint density at radius 2 is 1.95 bits per heavy atom. The zero-order valence-corrected chi connectivity index (χ0v) is 14.9. The minimum atomic E-state index is -0.0466. The number of aromatic nitrogens is 1. The zero-order valence-electron chi connectivity index (χ0n) is 11.1. The van der Waals surface area contributed by atoms with Crippen molar-refractivity contribution in [3.8, 4) is 0 Å². The fraction of sp³-hybridized carbons (Fsp3) is 0.0667. The molecule has 0 aliphatic rings. The summed E-state index contributed by atoms with van der Waals surface area (Å²) in [5.41, 5.74) is 2.45. The zero-order chi connectivity index (χ0) is 14.8. The highest BCUT2D eigenvalue weighted by atomic mass is 127. The van der Waals surface area contributed by atoms with Crippen molar-refractivity contribution >= 4 is 62.0 Å². The van der Waals surface area contributed by atoms with Gasteiger partial charge < -0.3 is 0 Å². The second-order valence-electron chi connectivity index (χ2n) is 4.39. The Balaban J connectivity index is 2.06.